The van der Waals surface area contributed by atoms with E-state index in [1.165, 1.54) is 16.7 Å². The topological polar surface area (TPSA) is 67.1 Å². The highest BCUT2D eigenvalue weighted by Crippen LogP contribution is 2.36. The van der Waals surface area contributed by atoms with Gasteiger partial charge in [-0.3, -0.25) is 15.3 Å². The van der Waals surface area contributed by atoms with Crippen LogP contribution < -0.4 is 16.0 Å². The zero-order chi connectivity index (χ0) is 27.7. The number of hydrogen-bond acceptors (Lipinski definition) is 5. The molecule has 0 bridgehead atoms. The fourth-order valence-corrected chi connectivity index (χ4v) is 4.99. The number of pyridine rings is 2. The molecule has 5 nitrogen and oxygen atoms in total. The van der Waals surface area contributed by atoms with Crippen LogP contribution in [0.4, 0.5) is 11.4 Å². The van der Waals surface area contributed by atoms with Crippen molar-refractivity contribution in [2.75, 3.05) is 11.4 Å². The molecular formula is C35H35N5. The van der Waals surface area contributed by atoms with Crippen LogP contribution in [0.25, 0.3) is 16.7 Å². The Labute approximate surface area is 237 Å². The third-order valence-electron chi connectivity index (χ3n) is 7.05. The van der Waals surface area contributed by atoms with Gasteiger partial charge in [-0.25, -0.2) is 0 Å². The number of nitrogens with zero attached hydrogens (tertiary/aromatic N) is 3. The predicted octanol–water partition coefficient (Wildman–Crippen LogP) is 7.31. The van der Waals surface area contributed by atoms with Crippen molar-refractivity contribution in [1.82, 2.24) is 15.3 Å². The first kappa shape index (κ1) is 27.0. The molecule has 5 heteroatoms. The molecule has 0 spiro atoms. The average Bonchev–Trinajstić information content (AvgIpc) is 3.01. The lowest BCUT2D eigenvalue weighted by Crippen LogP contribution is -2.47. The van der Waals surface area contributed by atoms with E-state index < -0.39 is 0 Å². The molecular weight excluding hydrogens is 490 g/mol. The number of anilines is 2. The Morgan fingerprint density at radius 2 is 1.48 bits per heavy atom. The maximum Gasteiger partial charge on any atom is 0.0738 e. The minimum absolute atomic E-state index is 0.131. The predicted molar refractivity (Wildman–Crippen MR) is 166 cm³/mol. The molecule has 3 N–H and O–H groups in total. The van der Waals surface area contributed by atoms with E-state index in [1.54, 1.807) is 12.4 Å². The van der Waals surface area contributed by atoms with Crippen molar-refractivity contribution in [3.63, 3.8) is 0 Å². The Morgan fingerprint density at radius 3 is 2.17 bits per heavy atom. The number of benzene rings is 3. The summed E-state index contributed by atoms with van der Waals surface area (Å²) in [5.41, 5.74) is 16.0. The molecule has 0 radical (unpaired) electrons. The fourth-order valence-electron chi connectivity index (χ4n) is 4.99. The molecule has 0 fully saturated rings. The molecule has 2 atom stereocenters. The van der Waals surface area contributed by atoms with E-state index in [2.05, 4.69) is 125 Å². The SMILES string of the molecule is C/C(=C\C(NC(N)CN(c1ccccc1)c1ccccc1-c1ccccc1C)c1cccnc1)c1cccnc1. The molecule has 0 aliphatic heterocycles. The van der Waals surface area contributed by atoms with Gasteiger partial charge in [-0.05, 0) is 72.0 Å². The highest BCUT2D eigenvalue weighted by Gasteiger charge is 2.20. The number of rotatable bonds is 10. The Kier molecular flexibility index (Phi) is 8.76. The molecule has 2 heterocycles. The largest absolute Gasteiger partial charge is 0.338 e. The van der Waals surface area contributed by atoms with E-state index in [-0.39, 0.29) is 12.2 Å². The number of nitrogens with one attached hydrogen (secondary N) is 1. The molecule has 0 aliphatic carbocycles. The monoisotopic (exact) mass is 525 g/mol. The normalized spacial score (nSPS) is 13.0. The van der Waals surface area contributed by atoms with E-state index in [9.17, 15) is 0 Å². The third kappa shape index (κ3) is 6.52. The van der Waals surface area contributed by atoms with Gasteiger partial charge in [0.05, 0.1) is 18.8 Å². The molecule has 40 heavy (non-hydrogen) atoms. The zero-order valence-corrected chi connectivity index (χ0v) is 23.0. The van der Waals surface area contributed by atoms with Crippen LogP contribution in [0.5, 0.6) is 0 Å². The number of aryl methyl sites for hydroxylation is 1. The fraction of sp³-hybridized carbons (Fsp3) is 0.143. The summed E-state index contributed by atoms with van der Waals surface area (Å²) in [5.74, 6) is 0. The Morgan fingerprint density at radius 1 is 0.800 bits per heavy atom. The van der Waals surface area contributed by atoms with Gasteiger partial charge in [0.25, 0.3) is 0 Å². The maximum absolute atomic E-state index is 6.91. The minimum Gasteiger partial charge on any atom is -0.338 e. The Balaban J connectivity index is 1.49. The van der Waals surface area contributed by atoms with Gasteiger partial charge in [-0.2, -0.15) is 0 Å². The van der Waals surface area contributed by atoms with Gasteiger partial charge in [0.2, 0.25) is 0 Å². The lowest BCUT2D eigenvalue weighted by Gasteiger charge is -2.32. The number of hydrogen-bond donors (Lipinski definition) is 2. The van der Waals surface area contributed by atoms with Gasteiger partial charge in [0, 0.05) is 41.7 Å². The smallest absolute Gasteiger partial charge is 0.0738 e. The minimum atomic E-state index is -0.353. The summed E-state index contributed by atoms with van der Waals surface area (Å²) >= 11 is 0. The number of nitrogens with two attached hydrogens (primary N) is 1. The van der Waals surface area contributed by atoms with E-state index in [4.69, 9.17) is 5.73 Å². The summed E-state index contributed by atoms with van der Waals surface area (Å²) in [6, 6.07) is 35.4. The first-order chi connectivity index (χ1) is 19.6. The summed E-state index contributed by atoms with van der Waals surface area (Å²) in [4.78, 5) is 11.0. The van der Waals surface area contributed by atoms with Crippen molar-refractivity contribution >= 4 is 16.9 Å². The number of para-hydroxylation sites is 2. The molecule has 2 aromatic heterocycles. The first-order valence-corrected chi connectivity index (χ1v) is 13.6. The summed E-state index contributed by atoms with van der Waals surface area (Å²) in [6.07, 6.45) is 9.19. The van der Waals surface area contributed by atoms with Crippen LogP contribution in [0.3, 0.4) is 0 Å². The van der Waals surface area contributed by atoms with Gasteiger partial charge in [-0.15, -0.1) is 0 Å². The van der Waals surface area contributed by atoms with E-state index in [0.29, 0.717) is 6.54 Å². The van der Waals surface area contributed by atoms with Crippen molar-refractivity contribution in [3.8, 4) is 11.1 Å². The molecule has 200 valence electrons. The lowest BCUT2D eigenvalue weighted by atomic mass is 9.98. The number of allylic oxidation sites excluding steroid dienone is 1. The average molecular weight is 526 g/mol. The molecule has 2 unspecified atom stereocenters. The van der Waals surface area contributed by atoms with Gasteiger partial charge < -0.3 is 10.6 Å². The van der Waals surface area contributed by atoms with Crippen LogP contribution in [0.1, 0.15) is 29.7 Å². The van der Waals surface area contributed by atoms with Gasteiger partial charge in [-0.1, -0.05) is 78.9 Å². The summed E-state index contributed by atoms with van der Waals surface area (Å²) in [5, 5.41) is 3.67. The van der Waals surface area contributed by atoms with Crippen LogP contribution in [-0.4, -0.2) is 22.7 Å². The highest BCUT2D eigenvalue weighted by molar-refractivity contribution is 5.83. The lowest BCUT2D eigenvalue weighted by molar-refractivity contribution is 0.493. The molecule has 5 aromatic rings. The van der Waals surface area contributed by atoms with Crippen LogP contribution in [0, 0.1) is 6.92 Å². The van der Waals surface area contributed by atoms with Gasteiger partial charge in [0.1, 0.15) is 0 Å². The highest BCUT2D eigenvalue weighted by atomic mass is 15.2. The van der Waals surface area contributed by atoms with E-state index >= 15 is 0 Å². The molecule has 0 saturated carbocycles. The molecule has 0 aliphatic rings. The van der Waals surface area contributed by atoms with Gasteiger partial charge >= 0.3 is 0 Å². The molecule has 3 aromatic carbocycles. The summed E-state index contributed by atoms with van der Waals surface area (Å²) in [7, 11) is 0. The van der Waals surface area contributed by atoms with Gasteiger partial charge in [0.15, 0.2) is 0 Å². The zero-order valence-electron chi connectivity index (χ0n) is 23.0. The van der Waals surface area contributed by atoms with E-state index in [1.807, 2.05) is 30.6 Å². The first-order valence-electron chi connectivity index (χ1n) is 13.6. The molecule has 5 rings (SSSR count). The second-order valence-electron chi connectivity index (χ2n) is 9.91. The van der Waals surface area contributed by atoms with Crippen molar-refractivity contribution in [1.29, 1.82) is 0 Å². The van der Waals surface area contributed by atoms with E-state index in [0.717, 1.165) is 28.1 Å². The molecule has 0 saturated heterocycles. The quantitative estimate of drug-likeness (QED) is 0.187. The standard InChI is InChI=1S/C35H35N5/c1-26-12-6-7-17-31(26)32-18-8-9-19-34(32)40(30-15-4-3-5-16-30)25-35(36)39-33(29-14-11-21-38-24-29)22-27(2)28-13-10-20-37-23-28/h3-24,33,35,39H,25,36H2,1-2H3/b27-22+. The second kappa shape index (κ2) is 13.0. The van der Waals surface area contributed by atoms with Crippen LogP contribution in [0.2, 0.25) is 0 Å². The van der Waals surface area contributed by atoms with Crippen LogP contribution in [-0.2, 0) is 0 Å². The summed E-state index contributed by atoms with van der Waals surface area (Å²) < 4.78 is 0. The Bertz CT molecular complexity index is 1530. The van der Waals surface area contributed by atoms with Crippen molar-refractivity contribution in [2.45, 2.75) is 26.1 Å². The molecule has 0 amide bonds. The Hall–Kier alpha value is -4.58. The van der Waals surface area contributed by atoms with Crippen molar-refractivity contribution in [3.05, 3.63) is 151 Å². The van der Waals surface area contributed by atoms with Crippen molar-refractivity contribution in [2.24, 2.45) is 5.73 Å². The second-order valence-corrected chi connectivity index (χ2v) is 9.91. The van der Waals surface area contributed by atoms with Crippen LogP contribution >= 0.6 is 0 Å². The van der Waals surface area contributed by atoms with Crippen LogP contribution in [0.15, 0.2) is 134 Å². The third-order valence-corrected chi connectivity index (χ3v) is 7.05. The maximum atomic E-state index is 6.91. The summed E-state index contributed by atoms with van der Waals surface area (Å²) in [6.45, 7) is 4.81. The van der Waals surface area contributed by atoms with Crippen molar-refractivity contribution < 1.29 is 0 Å². The number of aromatic nitrogens is 2.